The summed E-state index contributed by atoms with van der Waals surface area (Å²) >= 11 is 3.54. The highest BCUT2D eigenvalue weighted by molar-refractivity contribution is 9.10. The molecule has 0 fully saturated rings. The molecule has 2 aromatic carbocycles. The fourth-order valence-electron chi connectivity index (χ4n) is 1.97. The van der Waals surface area contributed by atoms with Crippen molar-refractivity contribution in [3.63, 3.8) is 0 Å². The number of rotatable bonds is 4. The number of methoxy groups -OCH3 is 1. The Morgan fingerprint density at radius 2 is 1.85 bits per heavy atom. The largest absolute Gasteiger partial charge is 0.496 e. The van der Waals surface area contributed by atoms with Crippen LogP contribution in [0, 0.1) is 0 Å². The van der Waals surface area contributed by atoms with E-state index in [4.69, 9.17) is 10.6 Å². The van der Waals surface area contributed by atoms with E-state index in [9.17, 15) is 0 Å². The van der Waals surface area contributed by atoms with Crippen LogP contribution in [-0.2, 0) is 0 Å². The smallest absolute Gasteiger partial charge is 0.128 e. The SMILES string of the molecule is COc1cccc(N(C)N)c1/C=C/c1ccccc1Br. The monoisotopic (exact) mass is 332 g/mol. The van der Waals surface area contributed by atoms with Crippen LogP contribution in [0.2, 0.25) is 0 Å². The summed E-state index contributed by atoms with van der Waals surface area (Å²) in [5.41, 5.74) is 2.97. The summed E-state index contributed by atoms with van der Waals surface area (Å²) in [7, 11) is 3.47. The Morgan fingerprint density at radius 1 is 1.10 bits per heavy atom. The lowest BCUT2D eigenvalue weighted by Crippen LogP contribution is -2.25. The number of ether oxygens (including phenoxy) is 1. The predicted molar refractivity (Wildman–Crippen MR) is 88.7 cm³/mol. The zero-order chi connectivity index (χ0) is 14.5. The van der Waals surface area contributed by atoms with E-state index >= 15 is 0 Å². The molecule has 2 rings (SSSR count). The summed E-state index contributed by atoms with van der Waals surface area (Å²) in [6.07, 6.45) is 4.05. The normalized spacial score (nSPS) is 10.8. The molecule has 0 saturated heterocycles. The zero-order valence-corrected chi connectivity index (χ0v) is 13.1. The highest BCUT2D eigenvalue weighted by Gasteiger charge is 2.08. The van der Waals surface area contributed by atoms with Crippen molar-refractivity contribution in [2.45, 2.75) is 0 Å². The first-order valence-electron chi connectivity index (χ1n) is 6.21. The zero-order valence-electron chi connectivity index (χ0n) is 11.5. The molecular weight excluding hydrogens is 316 g/mol. The highest BCUT2D eigenvalue weighted by Crippen LogP contribution is 2.30. The Kier molecular flexibility index (Phi) is 4.82. The summed E-state index contributed by atoms with van der Waals surface area (Å²) in [5, 5.41) is 1.59. The van der Waals surface area contributed by atoms with Crippen molar-refractivity contribution >= 4 is 33.8 Å². The van der Waals surface area contributed by atoms with Crippen LogP contribution in [0.5, 0.6) is 5.75 Å². The van der Waals surface area contributed by atoms with E-state index in [0.29, 0.717) is 0 Å². The summed E-state index contributed by atoms with van der Waals surface area (Å²) in [4.78, 5) is 0. The molecule has 0 unspecified atom stereocenters. The lowest BCUT2D eigenvalue weighted by atomic mass is 10.1. The first kappa shape index (κ1) is 14.6. The lowest BCUT2D eigenvalue weighted by Gasteiger charge is -2.17. The average molecular weight is 333 g/mol. The quantitative estimate of drug-likeness (QED) is 0.523. The summed E-state index contributed by atoms with van der Waals surface area (Å²) in [6.45, 7) is 0. The van der Waals surface area contributed by atoms with Crippen molar-refractivity contribution < 1.29 is 4.74 Å². The van der Waals surface area contributed by atoms with Gasteiger partial charge in [0.25, 0.3) is 0 Å². The standard InChI is InChI=1S/C16H17BrN2O/c1-19(18)15-8-5-9-16(20-2)13(15)11-10-12-6-3-4-7-14(12)17/h3-11H,18H2,1-2H3/b11-10+. The van der Waals surface area contributed by atoms with Crippen LogP contribution in [0.1, 0.15) is 11.1 Å². The van der Waals surface area contributed by atoms with Gasteiger partial charge in [-0.3, -0.25) is 0 Å². The molecule has 0 atom stereocenters. The first-order valence-corrected chi connectivity index (χ1v) is 7.01. The van der Waals surface area contributed by atoms with Gasteiger partial charge in [-0.2, -0.15) is 0 Å². The van der Waals surface area contributed by atoms with Gasteiger partial charge < -0.3 is 9.75 Å². The van der Waals surface area contributed by atoms with Gasteiger partial charge in [-0.05, 0) is 29.8 Å². The van der Waals surface area contributed by atoms with Gasteiger partial charge in [0.05, 0.1) is 12.8 Å². The Bertz CT molecular complexity index is 624. The molecule has 0 radical (unpaired) electrons. The number of nitrogens with zero attached hydrogens (tertiary/aromatic N) is 1. The number of hydrogen-bond acceptors (Lipinski definition) is 3. The van der Waals surface area contributed by atoms with Gasteiger partial charge in [0.2, 0.25) is 0 Å². The third kappa shape index (κ3) is 3.21. The fraction of sp³-hybridized carbons (Fsp3) is 0.125. The Balaban J connectivity index is 2.45. The molecule has 2 N–H and O–H groups in total. The third-order valence-corrected chi connectivity index (χ3v) is 3.70. The number of hydrazine groups is 1. The third-order valence-electron chi connectivity index (χ3n) is 2.98. The number of anilines is 1. The van der Waals surface area contributed by atoms with E-state index < -0.39 is 0 Å². The number of hydrogen-bond donors (Lipinski definition) is 1. The van der Waals surface area contributed by atoms with Gasteiger partial charge in [-0.25, -0.2) is 5.84 Å². The molecule has 0 spiro atoms. The molecule has 3 nitrogen and oxygen atoms in total. The average Bonchev–Trinajstić information content (AvgIpc) is 2.46. The van der Waals surface area contributed by atoms with Crippen LogP contribution < -0.4 is 15.6 Å². The molecule has 0 aliphatic rings. The van der Waals surface area contributed by atoms with Crippen molar-refractivity contribution in [2.24, 2.45) is 5.84 Å². The Labute approximate surface area is 127 Å². The minimum atomic E-state index is 0.795. The fourth-order valence-corrected chi connectivity index (χ4v) is 2.39. The van der Waals surface area contributed by atoms with Crippen LogP contribution in [-0.4, -0.2) is 14.2 Å². The molecule has 0 bridgehead atoms. The summed E-state index contributed by atoms with van der Waals surface area (Å²) in [6, 6.07) is 13.9. The molecule has 0 aliphatic heterocycles. The number of nitrogens with two attached hydrogens (primary N) is 1. The second kappa shape index (κ2) is 6.59. The predicted octanol–water partition coefficient (Wildman–Crippen LogP) is 3.94. The van der Waals surface area contributed by atoms with Gasteiger partial charge in [-0.1, -0.05) is 46.3 Å². The molecule has 2 aromatic rings. The van der Waals surface area contributed by atoms with Crippen LogP contribution >= 0.6 is 15.9 Å². The number of benzene rings is 2. The van der Waals surface area contributed by atoms with Crippen LogP contribution in [0.25, 0.3) is 12.2 Å². The summed E-state index contributed by atoms with van der Waals surface area (Å²) in [5.74, 6) is 6.67. The van der Waals surface area contributed by atoms with Crippen molar-refractivity contribution in [3.8, 4) is 5.75 Å². The molecule has 20 heavy (non-hydrogen) atoms. The minimum absolute atomic E-state index is 0.795. The van der Waals surface area contributed by atoms with E-state index in [1.165, 1.54) is 0 Å². The maximum atomic E-state index is 5.87. The maximum absolute atomic E-state index is 5.87. The molecular formula is C16H17BrN2O. The van der Waals surface area contributed by atoms with Crippen molar-refractivity contribution in [3.05, 3.63) is 58.1 Å². The molecule has 0 aromatic heterocycles. The Morgan fingerprint density at radius 3 is 2.50 bits per heavy atom. The number of halogens is 1. The highest BCUT2D eigenvalue weighted by atomic mass is 79.9. The summed E-state index contributed by atoms with van der Waals surface area (Å²) < 4.78 is 6.46. The van der Waals surface area contributed by atoms with Gasteiger partial charge in [-0.15, -0.1) is 0 Å². The second-order valence-electron chi connectivity index (χ2n) is 4.36. The molecule has 0 amide bonds. The van der Waals surface area contributed by atoms with Gasteiger partial charge >= 0.3 is 0 Å². The maximum Gasteiger partial charge on any atom is 0.128 e. The molecule has 0 saturated carbocycles. The topological polar surface area (TPSA) is 38.5 Å². The Hall–Kier alpha value is -1.78. The van der Waals surface area contributed by atoms with E-state index in [0.717, 1.165) is 27.0 Å². The van der Waals surface area contributed by atoms with Crippen molar-refractivity contribution in [1.29, 1.82) is 0 Å². The van der Waals surface area contributed by atoms with Gasteiger partial charge in [0.1, 0.15) is 5.75 Å². The molecule has 104 valence electrons. The van der Waals surface area contributed by atoms with Crippen LogP contribution in [0.3, 0.4) is 0 Å². The molecule has 0 aliphatic carbocycles. The minimum Gasteiger partial charge on any atom is -0.496 e. The lowest BCUT2D eigenvalue weighted by molar-refractivity contribution is 0.414. The van der Waals surface area contributed by atoms with Crippen molar-refractivity contribution in [1.82, 2.24) is 0 Å². The first-order chi connectivity index (χ1) is 9.63. The van der Waals surface area contributed by atoms with Crippen LogP contribution in [0.4, 0.5) is 5.69 Å². The molecule has 4 heteroatoms. The van der Waals surface area contributed by atoms with E-state index in [-0.39, 0.29) is 0 Å². The van der Waals surface area contributed by atoms with Crippen LogP contribution in [0.15, 0.2) is 46.9 Å². The van der Waals surface area contributed by atoms with Crippen molar-refractivity contribution in [2.75, 3.05) is 19.2 Å². The van der Waals surface area contributed by atoms with E-state index in [1.54, 1.807) is 12.1 Å². The van der Waals surface area contributed by atoms with Gasteiger partial charge in [0, 0.05) is 17.1 Å². The van der Waals surface area contributed by atoms with Gasteiger partial charge in [0.15, 0.2) is 0 Å². The van der Waals surface area contributed by atoms with E-state index in [1.807, 2.05) is 61.7 Å². The second-order valence-corrected chi connectivity index (χ2v) is 5.21. The van der Waals surface area contributed by atoms with E-state index in [2.05, 4.69) is 15.9 Å². The molecule has 0 heterocycles.